The zero-order chi connectivity index (χ0) is 26.9. The van der Waals surface area contributed by atoms with Crippen molar-refractivity contribution in [1.82, 2.24) is 0 Å². The van der Waals surface area contributed by atoms with Gasteiger partial charge in [-0.05, 0) is 99.7 Å². The minimum absolute atomic E-state index is 0.0781. The number of esters is 1. The highest BCUT2D eigenvalue weighted by Gasteiger charge is 2.77. The SMILES string of the molecule is CC(=O)OC1C[C@@]2(C)[C@@H](CC[C@H]3[C@@H]4C[C@@H]5OC6(CC(C)C(C)(C)O6)[C@](C)(O)[C@@H]5[C@@]4(C)CC(O)[C@@H]32)CC1O. The molecule has 2 aliphatic heterocycles. The summed E-state index contributed by atoms with van der Waals surface area (Å²) in [4.78, 5) is 11.8. The first-order valence-corrected chi connectivity index (χ1v) is 14.7. The monoisotopic (exact) mass is 520 g/mol. The van der Waals surface area contributed by atoms with E-state index in [4.69, 9.17) is 14.2 Å². The van der Waals surface area contributed by atoms with Crippen LogP contribution in [0.2, 0.25) is 0 Å². The maximum atomic E-state index is 12.2. The highest BCUT2D eigenvalue weighted by Crippen LogP contribution is 2.72. The Morgan fingerprint density at radius 2 is 1.65 bits per heavy atom. The molecule has 7 nitrogen and oxygen atoms in total. The second-order valence-corrected chi connectivity index (χ2v) is 15.1. The van der Waals surface area contributed by atoms with E-state index in [2.05, 4.69) is 34.6 Å². The molecule has 210 valence electrons. The number of aliphatic hydroxyl groups is 3. The van der Waals surface area contributed by atoms with Crippen LogP contribution in [0.25, 0.3) is 0 Å². The fraction of sp³-hybridized carbons (Fsp3) is 0.967. The molecule has 6 fully saturated rings. The maximum Gasteiger partial charge on any atom is 0.302 e. The van der Waals surface area contributed by atoms with Gasteiger partial charge in [-0.3, -0.25) is 4.79 Å². The van der Waals surface area contributed by atoms with Gasteiger partial charge in [0.1, 0.15) is 11.7 Å². The molecule has 1 spiro atoms. The van der Waals surface area contributed by atoms with Crippen LogP contribution in [-0.2, 0) is 19.0 Å². The molecular weight excluding hydrogens is 472 g/mol. The van der Waals surface area contributed by atoms with E-state index in [1.165, 1.54) is 6.92 Å². The third kappa shape index (κ3) is 3.39. The molecule has 0 aromatic rings. The molecule has 0 bridgehead atoms. The zero-order valence-corrected chi connectivity index (χ0v) is 23.7. The summed E-state index contributed by atoms with van der Waals surface area (Å²) in [6.45, 7) is 14.2. The average Bonchev–Trinajstić information content (AvgIpc) is 3.26. The van der Waals surface area contributed by atoms with Crippen LogP contribution in [-0.4, -0.2) is 62.7 Å². The number of fused-ring (bicyclic) bond motifs is 7. The van der Waals surface area contributed by atoms with E-state index in [0.717, 1.165) is 19.3 Å². The summed E-state index contributed by atoms with van der Waals surface area (Å²) in [6.07, 6.45) is 3.63. The predicted molar refractivity (Wildman–Crippen MR) is 136 cm³/mol. The van der Waals surface area contributed by atoms with Gasteiger partial charge in [-0.25, -0.2) is 0 Å². The molecular formula is C30H48O7. The van der Waals surface area contributed by atoms with Crippen LogP contribution < -0.4 is 0 Å². The first-order chi connectivity index (χ1) is 17.1. The van der Waals surface area contributed by atoms with Gasteiger partial charge < -0.3 is 29.5 Å². The molecule has 37 heavy (non-hydrogen) atoms. The molecule has 0 radical (unpaired) electrons. The van der Waals surface area contributed by atoms with Crippen molar-refractivity contribution in [3.05, 3.63) is 0 Å². The van der Waals surface area contributed by atoms with Gasteiger partial charge in [0.05, 0.1) is 23.9 Å². The Morgan fingerprint density at radius 1 is 0.946 bits per heavy atom. The van der Waals surface area contributed by atoms with Crippen molar-refractivity contribution in [3.8, 4) is 0 Å². The topological polar surface area (TPSA) is 105 Å². The van der Waals surface area contributed by atoms with Crippen molar-refractivity contribution < 1.29 is 34.3 Å². The Labute approximate surface area is 221 Å². The maximum absolute atomic E-state index is 12.2. The van der Waals surface area contributed by atoms with Gasteiger partial charge in [0, 0.05) is 19.3 Å². The third-order valence-electron chi connectivity index (χ3n) is 12.8. The number of carbonyl (C=O) groups excluding carboxylic acids is 1. The lowest BCUT2D eigenvalue weighted by molar-refractivity contribution is -0.300. The molecule has 0 amide bonds. The van der Waals surface area contributed by atoms with Gasteiger partial charge >= 0.3 is 5.97 Å². The Hall–Kier alpha value is -0.730. The lowest BCUT2D eigenvalue weighted by atomic mass is 9.43. The van der Waals surface area contributed by atoms with Crippen molar-refractivity contribution in [1.29, 1.82) is 0 Å². The van der Waals surface area contributed by atoms with Gasteiger partial charge in [-0.15, -0.1) is 0 Å². The van der Waals surface area contributed by atoms with Crippen LogP contribution in [0.4, 0.5) is 0 Å². The summed E-state index contributed by atoms with van der Waals surface area (Å²) in [7, 11) is 0. The lowest BCUT2D eigenvalue weighted by Gasteiger charge is -2.63. The van der Waals surface area contributed by atoms with Gasteiger partial charge in [-0.1, -0.05) is 20.8 Å². The Balaban J connectivity index is 1.31. The molecule has 0 aromatic heterocycles. The Kier molecular flexibility index (Phi) is 5.68. The molecule has 2 heterocycles. The summed E-state index contributed by atoms with van der Waals surface area (Å²) in [5.41, 5.74) is -1.98. The summed E-state index contributed by atoms with van der Waals surface area (Å²) >= 11 is 0. The van der Waals surface area contributed by atoms with E-state index >= 15 is 0 Å². The van der Waals surface area contributed by atoms with E-state index in [1.54, 1.807) is 0 Å². The van der Waals surface area contributed by atoms with Crippen LogP contribution in [0.5, 0.6) is 0 Å². The zero-order valence-electron chi connectivity index (χ0n) is 23.7. The first-order valence-electron chi connectivity index (χ1n) is 14.7. The normalized spacial score (nSPS) is 59.9. The van der Waals surface area contributed by atoms with E-state index in [9.17, 15) is 20.1 Å². The minimum Gasteiger partial charge on any atom is -0.460 e. The molecule has 6 aliphatic rings. The molecule has 14 atom stereocenters. The van der Waals surface area contributed by atoms with Crippen LogP contribution in [0.15, 0.2) is 0 Å². The van der Waals surface area contributed by atoms with Crippen molar-refractivity contribution in [2.75, 3.05) is 0 Å². The van der Waals surface area contributed by atoms with Gasteiger partial charge in [0.2, 0.25) is 0 Å². The molecule has 4 aliphatic carbocycles. The molecule has 3 N–H and O–H groups in total. The van der Waals surface area contributed by atoms with Gasteiger partial charge in [0.15, 0.2) is 5.79 Å². The van der Waals surface area contributed by atoms with E-state index in [-0.39, 0.29) is 46.3 Å². The molecule has 0 aromatic carbocycles. The lowest BCUT2D eigenvalue weighted by Crippen LogP contribution is -2.63. The van der Waals surface area contributed by atoms with Crippen LogP contribution in [0.3, 0.4) is 0 Å². The average molecular weight is 521 g/mol. The van der Waals surface area contributed by atoms with Crippen LogP contribution in [0.1, 0.15) is 93.4 Å². The van der Waals surface area contributed by atoms with Crippen LogP contribution in [0, 0.1) is 46.3 Å². The number of rotatable bonds is 1. The Morgan fingerprint density at radius 3 is 2.27 bits per heavy atom. The summed E-state index contributed by atoms with van der Waals surface area (Å²) in [5, 5.41) is 34.9. The fourth-order valence-corrected chi connectivity index (χ4v) is 11.0. The van der Waals surface area contributed by atoms with E-state index < -0.39 is 29.7 Å². The second kappa shape index (κ2) is 7.93. The van der Waals surface area contributed by atoms with Crippen molar-refractivity contribution in [2.45, 2.75) is 135 Å². The molecule has 4 saturated carbocycles. The molecule has 6 rings (SSSR count). The smallest absolute Gasteiger partial charge is 0.302 e. The largest absolute Gasteiger partial charge is 0.460 e. The minimum atomic E-state index is -1.15. The number of hydrogen-bond acceptors (Lipinski definition) is 7. The van der Waals surface area contributed by atoms with Gasteiger partial charge in [-0.2, -0.15) is 0 Å². The van der Waals surface area contributed by atoms with Crippen LogP contribution >= 0.6 is 0 Å². The predicted octanol–water partition coefficient (Wildman–Crippen LogP) is 3.81. The standard InChI is InChI=1S/C30H48O7/c1-15-12-30(37-26(15,3)4)29(7,34)25-22(36-30)11-19-18-9-8-17-10-20(32)23(35-16(2)31)14-27(17,5)24(18)21(33)13-28(19,25)6/h15,17-25,32-34H,8-14H2,1-7H3/t15?,17-,18-,19-,20?,21?,22-,23?,24+,25-,27-,28-,29+,30?/m0/s1. The first kappa shape index (κ1) is 26.5. The number of carbonyl (C=O) groups is 1. The number of aliphatic hydroxyl groups excluding tert-OH is 2. The Bertz CT molecular complexity index is 964. The second-order valence-electron chi connectivity index (χ2n) is 15.1. The highest BCUT2D eigenvalue weighted by atomic mass is 16.7. The number of hydrogen-bond donors (Lipinski definition) is 3. The quantitative estimate of drug-likeness (QED) is 0.452. The van der Waals surface area contributed by atoms with Gasteiger partial charge in [0.25, 0.3) is 0 Å². The van der Waals surface area contributed by atoms with Crippen molar-refractivity contribution >= 4 is 5.97 Å². The number of ether oxygens (including phenoxy) is 3. The van der Waals surface area contributed by atoms with Crippen molar-refractivity contribution in [3.63, 3.8) is 0 Å². The highest BCUT2D eigenvalue weighted by molar-refractivity contribution is 5.66. The molecule has 5 unspecified atom stereocenters. The van der Waals surface area contributed by atoms with E-state index in [0.29, 0.717) is 43.4 Å². The fourth-order valence-electron chi connectivity index (χ4n) is 11.0. The molecule has 2 saturated heterocycles. The summed E-state index contributed by atoms with van der Waals surface area (Å²) < 4.78 is 18.9. The third-order valence-corrected chi connectivity index (χ3v) is 12.8. The molecule has 7 heteroatoms. The van der Waals surface area contributed by atoms with Crippen molar-refractivity contribution in [2.24, 2.45) is 46.3 Å². The van der Waals surface area contributed by atoms with E-state index in [1.807, 2.05) is 6.92 Å². The summed E-state index contributed by atoms with van der Waals surface area (Å²) in [5.74, 6) is -0.172. The summed E-state index contributed by atoms with van der Waals surface area (Å²) in [6, 6.07) is 0.